The quantitative estimate of drug-likeness (QED) is 0.451. The molecule has 176 valence electrons. The van der Waals surface area contributed by atoms with Crippen molar-refractivity contribution in [3.05, 3.63) is 29.8 Å². The molecule has 5 heteroatoms. The van der Waals surface area contributed by atoms with Crippen molar-refractivity contribution in [1.29, 1.82) is 0 Å². The van der Waals surface area contributed by atoms with Gasteiger partial charge in [-0.05, 0) is 69.6 Å². The van der Waals surface area contributed by atoms with Crippen molar-refractivity contribution in [3.8, 4) is 0 Å². The number of hydrogen-bond acceptors (Lipinski definition) is 2. The van der Waals surface area contributed by atoms with Crippen LogP contribution in [0.15, 0.2) is 18.2 Å². The first-order valence-corrected chi connectivity index (χ1v) is 13.1. The summed E-state index contributed by atoms with van der Waals surface area (Å²) in [6, 6.07) is 5.27. The van der Waals surface area contributed by atoms with E-state index in [1.165, 1.54) is 51.0 Å². The van der Waals surface area contributed by atoms with Crippen molar-refractivity contribution in [2.45, 2.75) is 109 Å². The number of aryl methyl sites for hydroxylation is 1. The zero-order valence-electron chi connectivity index (χ0n) is 20.0. The van der Waals surface area contributed by atoms with Gasteiger partial charge in [-0.1, -0.05) is 39.0 Å². The summed E-state index contributed by atoms with van der Waals surface area (Å²) in [4.78, 5) is 20.2. The summed E-state index contributed by atoms with van der Waals surface area (Å²) in [5.41, 5.74) is 1.69. The van der Waals surface area contributed by atoms with Crippen molar-refractivity contribution in [2.24, 2.45) is 5.92 Å². The number of fused-ring (bicyclic) bond motifs is 1. The molecule has 32 heavy (non-hydrogen) atoms. The van der Waals surface area contributed by atoms with E-state index in [1.54, 1.807) is 12.1 Å². The molecule has 4 rings (SSSR count). The van der Waals surface area contributed by atoms with Crippen LogP contribution in [0.1, 0.15) is 103 Å². The van der Waals surface area contributed by atoms with Gasteiger partial charge in [-0.25, -0.2) is 9.37 Å². The molecule has 2 saturated carbocycles. The Morgan fingerprint density at radius 1 is 1.09 bits per heavy atom. The topological polar surface area (TPSA) is 38.1 Å². The number of amides is 1. The van der Waals surface area contributed by atoms with E-state index >= 15 is 0 Å². The van der Waals surface area contributed by atoms with Crippen LogP contribution < -0.4 is 0 Å². The molecule has 0 bridgehead atoms. The lowest BCUT2D eigenvalue weighted by molar-refractivity contribution is -0.134. The normalized spacial score (nSPS) is 22.3. The highest BCUT2D eigenvalue weighted by Crippen LogP contribution is 2.38. The zero-order valence-corrected chi connectivity index (χ0v) is 20.0. The van der Waals surface area contributed by atoms with Crippen LogP contribution >= 0.6 is 0 Å². The van der Waals surface area contributed by atoms with Gasteiger partial charge in [0.2, 0.25) is 5.91 Å². The molecular formula is C27H40FN3O. The maximum atomic E-state index is 14.1. The highest BCUT2D eigenvalue weighted by molar-refractivity contribution is 5.78. The maximum absolute atomic E-state index is 14.1. The Labute approximate surface area is 192 Å². The van der Waals surface area contributed by atoms with Gasteiger partial charge in [-0.2, -0.15) is 0 Å². The summed E-state index contributed by atoms with van der Waals surface area (Å²) >= 11 is 0. The molecular weight excluding hydrogens is 401 g/mol. The third-order valence-corrected chi connectivity index (χ3v) is 7.87. The van der Waals surface area contributed by atoms with Crippen LogP contribution in [0.25, 0.3) is 11.0 Å². The van der Waals surface area contributed by atoms with Gasteiger partial charge in [-0.15, -0.1) is 0 Å². The molecule has 2 fully saturated rings. The molecule has 0 spiro atoms. The first-order valence-electron chi connectivity index (χ1n) is 13.1. The number of halogens is 1. The molecule has 1 aromatic heterocycles. The van der Waals surface area contributed by atoms with E-state index in [1.807, 2.05) is 0 Å². The van der Waals surface area contributed by atoms with Gasteiger partial charge in [0.05, 0.1) is 11.0 Å². The van der Waals surface area contributed by atoms with E-state index in [2.05, 4.69) is 23.3 Å². The second-order valence-electron chi connectivity index (χ2n) is 9.98. The lowest BCUT2D eigenvalue weighted by atomic mass is 9.79. The Bertz CT molecular complexity index is 894. The Hall–Kier alpha value is -1.91. The molecule has 4 nitrogen and oxygen atoms in total. The maximum Gasteiger partial charge on any atom is 0.224 e. The molecule has 0 atom stereocenters. The van der Waals surface area contributed by atoms with Crippen molar-refractivity contribution in [3.63, 3.8) is 0 Å². The fraction of sp³-hybridized carbons (Fsp3) is 0.704. The number of carbonyl (C=O) groups is 1. The zero-order chi connectivity index (χ0) is 22.5. The van der Waals surface area contributed by atoms with Crippen molar-refractivity contribution in [2.75, 3.05) is 6.54 Å². The first kappa shape index (κ1) is 23.3. The van der Waals surface area contributed by atoms with Crippen LogP contribution in [0.2, 0.25) is 0 Å². The number of carbonyl (C=O) groups excluding carboxylic acids is 1. The fourth-order valence-corrected chi connectivity index (χ4v) is 6.16. The van der Waals surface area contributed by atoms with Gasteiger partial charge in [0.25, 0.3) is 0 Å². The molecule has 1 aromatic carbocycles. The van der Waals surface area contributed by atoms with Gasteiger partial charge in [-0.3, -0.25) is 4.79 Å². The molecule has 2 aromatic rings. The molecule has 1 heterocycles. The van der Waals surface area contributed by atoms with Crippen LogP contribution in [-0.2, 0) is 11.3 Å². The largest absolute Gasteiger partial charge is 0.340 e. The number of nitrogens with zero attached hydrogens (tertiary/aromatic N) is 3. The smallest absolute Gasteiger partial charge is 0.224 e. The SMILES string of the molecule is CCC[C@H]1CC[C@H](c2nc3ccc(F)cc3n2CCC(=O)N(CC)C2CCCCC2)CC1. The summed E-state index contributed by atoms with van der Waals surface area (Å²) in [5, 5.41) is 0. The van der Waals surface area contributed by atoms with E-state index in [0.717, 1.165) is 55.0 Å². The molecule has 2 aliphatic rings. The van der Waals surface area contributed by atoms with E-state index in [0.29, 0.717) is 24.9 Å². The molecule has 0 unspecified atom stereocenters. The fourth-order valence-electron chi connectivity index (χ4n) is 6.16. The number of imidazole rings is 1. The van der Waals surface area contributed by atoms with Crippen LogP contribution in [-0.4, -0.2) is 32.9 Å². The van der Waals surface area contributed by atoms with E-state index in [4.69, 9.17) is 4.98 Å². The van der Waals surface area contributed by atoms with Crippen molar-refractivity contribution >= 4 is 16.9 Å². The second-order valence-corrected chi connectivity index (χ2v) is 9.98. The third kappa shape index (κ3) is 5.18. The second kappa shape index (κ2) is 10.8. The standard InChI is InChI=1S/C27H40FN3O/c1-3-8-20-11-13-21(14-12-20)27-29-24-16-15-22(28)19-25(24)31(27)18-17-26(32)30(4-2)23-9-6-5-7-10-23/h15-16,19-21,23H,3-14,17-18H2,1-2H3/t20-,21-. The van der Waals surface area contributed by atoms with Gasteiger partial charge >= 0.3 is 0 Å². The summed E-state index contributed by atoms with van der Waals surface area (Å²) in [6.07, 6.45) is 13.8. The number of rotatable bonds is 8. The van der Waals surface area contributed by atoms with Crippen LogP contribution in [0.5, 0.6) is 0 Å². The number of aromatic nitrogens is 2. The number of benzene rings is 1. The average molecular weight is 442 g/mol. The lowest BCUT2D eigenvalue weighted by Crippen LogP contribution is -2.41. The van der Waals surface area contributed by atoms with Crippen molar-refractivity contribution < 1.29 is 9.18 Å². The molecule has 0 radical (unpaired) electrons. The first-order chi connectivity index (χ1) is 15.6. The summed E-state index contributed by atoms with van der Waals surface area (Å²) in [7, 11) is 0. The predicted octanol–water partition coefficient (Wildman–Crippen LogP) is 6.82. The molecule has 1 amide bonds. The predicted molar refractivity (Wildman–Crippen MR) is 128 cm³/mol. The summed E-state index contributed by atoms with van der Waals surface area (Å²) in [5.74, 6) is 2.31. The van der Waals surface area contributed by atoms with E-state index in [-0.39, 0.29) is 11.7 Å². The minimum atomic E-state index is -0.236. The Morgan fingerprint density at radius 3 is 2.53 bits per heavy atom. The van der Waals surface area contributed by atoms with Gasteiger partial charge < -0.3 is 9.47 Å². The molecule has 0 aliphatic heterocycles. The minimum Gasteiger partial charge on any atom is -0.340 e. The van der Waals surface area contributed by atoms with E-state index in [9.17, 15) is 9.18 Å². The van der Waals surface area contributed by atoms with Crippen LogP contribution in [0.4, 0.5) is 4.39 Å². The van der Waals surface area contributed by atoms with Gasteiger partial charge in [0.15, 0.2) is 0 Å². The Balaban J connectivity index is 1.52. The summed E-state index contributed by atoms with van der Waals surface area (Å²) < 4.78 is 16.3. The minimum absolute atomic E-state index is 0.232. The van der Waals surface area contributed by atoms with Gasteiger partial charge in [0.1, 0.15) is 11.6 Å². The monoisotopic (exact) mass is 441 g/mol. The van der Waals surface area contributed by atoms with Gasteiger partial charge in [0, 0.05) is 31.5 Å². The molecule has 2 aliphatic carbocycles. The third-order valence-electron chi connectivity index (χ3n) is 7.87. The number of hydrogen-bond donors (Lipinski definition) is 0. The highest BCUT2D eigenvalue weighted by Gasteiger charge is 2.28. The van der Waals surface area contributed by atoms with Crippen LogP contribution in [0, 0.1) is 11.7 Å². The average Bonchev–Trinajstić information content (AvgIpc) is 3.17. The van der Waals surface area contributed by atoms with Crippen molar-refractivity contribution in [1.82, 2.24) is 14.5 Å². The highest BCUT2D eigenvalue weighted by atomic mass is 19.1. The Kier molecular flexibility index (Phi) is 7.85. The molecule has 0 saturated heterocycles. The van der Waals surface area contributed by atoms with Crippen LogP contribution in [0.3, 0.4) is 0 Å². The van der Waals surface area contributed by atoms with E-state index < -0.39 is 0 Å². The lowest BCUT2D eigenvalue weighted by Gasteiger charge is -2.34. The summed E-state index contributed by atoms with van der Waals surface area (Å²) in [6.45, 7) is 5.72. The molecule has 0 N–H and O–H groups in total. The Morgan fingerprint density at radius 2 is 1.84 bits per heavy atom.